The molecule has 0 spiro atoms. The van der Waals surface area contributed by atoms with E-state index in [4.69, 9.17) is 0 Å². The van der Waals surface area contributed by atoms with E-state index in [2.05, 4.69) is 52.9 Å². The van der Waals surface area contributed by atoms with Crippen molar-refractivity contribution in [3.63, 3.8) is 0 Å². The number of halogens is 1. The van der Waals surface area contributed by atoms with Gasteiger partial charge in [0.05, 0.1) is 0 Å². The van der Waals surface area contributed by atoms with E-state index in [0.717, 1.165) is 25.1 Å². The molecular formula is C22H23FN2S. The smallest absolute Gasteiger partial charge is 0.123 e. The number of thioether (sulfide) groups is 1. The predicted octanol–water partition coefficient (Wildman–Crippen LogP) is 5.07. The molecule has 1 saturated heterocycles. The van der Waals surface area contributed by atoms with Crippen LogP contribution in [0.5, 0.6) is 0 Å². The molecule has 1 fully saturated rings. The van der Waals surface area contributed by atoms with E-state index in [9.17, 15) is 4.39 Å². The van der Waals surface area contributed by atoms with Gasteiger partial charge in [0.1, 0.15) is 11.6 Å². The van der Waals surface area contributed by atoms with Crippen molar-refractivity contribution in [2.24, 2.45) is 0 Å². The summed E-state index contributed by atoms with van der Waals surface area (Å²) < 4.78 is 15.5. The van der Waals surface area contributed by atoms with Crippen LogP contribution in [-0.2, 0) is 6.42 Å². The molecule has 1 aromatic heterocycles. The van der Waals surface area contributed by atoms with Crippen LogP contribution in [0.25, 0.3) is 5.69 Å². The number of hydrogen-bond acceptors (Lipinski definition) is 2. The van der Waals surface area contributed by atoms with Crippen molar-refractivity contribution in [3.8, 4) is 5.69 Å². The van der Waals surface area contributed by atoms with Gasteiger partial charge < -0.3 is 9.47 Å². The van der Waals surface area contributed by atoms with Crippen LogP contribution in [0.1, 0.15) is 16.7 Å². The molecule has 2 nitrogen and oxygen atoms in total. The summed E-state index contributed by atoms with van der Waals surface area (Å²) in [5.74, 6) is 3.42. The lowest BCUT2D eigenvalue weighted by atomic mass is 10.1. The van der Waals surface area contributed by atoms with E-state index in [1.807, 2.05) is 23.9 Å². The first-order chi connectivity index (χ1) is 12.7. The molecule has 0 saturated carbocycles. The lowest BCUT2D eigenvalue weighted by Crippen LogP contribution is -2.33. The van der Waals surface area contributed by atoms with Crippen LogP contribution >= 0.6 is 11.8 Å². The van der Waals surface area contributed by atoms with Crippen molar-refractivity contribution in [1.29, 1.82) is 0 Å². The van der Waals surface area contributed by atoms with E-state index in [-0.39, 0.29) is 5.82 Å². The van der Waals surface area contributed by atoms with Gasteiger partial charge in [-0.05, 0) is 60.4 Å². The molecule has 0 radical (unpaired) electrons. The lowest BCUT2D eigenvalue weighted by molar-refractivity contribution is 0.627. The number of nitrogens with zero attached hydrogens (tertiary/aromatic N) is 2. The number of benzene rings is 2. The van der Waals surface area contributed by atoms with Crippen molar-refractivity contribution in [2.75, 3.05) is 29.5 Å². The molecule has 0 unspecified atom stereocenters. The van der Waals surface area contributed by atoms with E-state index in [1.165, 1.54) is 46.3 Å². The Morgan fingerprint density at radius 2 is 1.73 bits per heavy atom. The largest absolute Gasteiger partial charge is 0.356 e. The molecule has 3 aromatic rings. The minimum atomic E-state index is -0.183. The summed E-state index contributed by atoms with van der Waals surface area (Å²) in [5, 5.41) is 0. The number of aromatic nitrogens is 1. The predicted molar refractivity (Wildman–Crippen MR) is 109 cm³/mol. The monoisotopic (exact) mass is 366 g/mol. The number of rotatable bonds is 4. The van der Waals surface area contributed by atoms with Crippen molar-refractivity contribution >= 4 is 17.6 Å². The van der Waals surface area contributed by atoms with Crippen LogP contribution in [0.3, 0.4) is 0 Å². The molecular weight excluding hydrogens is 343 g/mol. The van der Waals surface area contributed by atoms with Gasteiger partial charge in [0.25, 0.3) is 0 Å². The molecule has 4 heteroatoms. The standard InChI is InChI=1S/C22H23FN2S/c1-17-3-2-4-21(13-17)25-16-19(14-18-5-7-20(23)8-6-18)15-22(25)24-9-11-26-12-10-24/h2-8,13,15-16H,9-12,14H2,1H3. The summed E-state index contributed by atoms with van der Waals surface area (Å²) in [7, 11) is 0. The van der Waals surface area contributed by atoms with Gasteiger partial charge in [-0.2, -0.15) is 11.8 Å². The summed E-state index contributed by atoms with van der Waals surface area (Å²) in [6, 6.07) is 17.7. The highest BCUT2D eigenvalue weighted by molar-refractivity contribution is 7.99. The Morgan fingerprint density at radius 3 is 2.46 bits per heavy atom. The normalized spacial score (nSPS) is 14.6. The van der Waals surface area contributed by atoms with Gasteiger partial charge in [0.15, 0.2) is 0 Å². The lowest BCUT2D eigenvalue weighted by Gasteiger charge is -2.29. The molecule has 0 bridgehead atoms. The Balaban J connectivity index is 1.70. The van der Waals surface area contributed by atoms with Gasteiger partial charge in [0.2, 0.25) is 0 Å². The maximum absolute atomic E-state index is 13.2. The van der Waals surface area contributed by atoms with Gasteiger partial charge in [-0.1, -0.05) is 24.3 Å². The van der Waals surface area contributed by atoms with E-state index < -0.39 is 0 Å². The Morgan fingerprint density at radius 1 is 0.962 bits per heavy atom. The molecule has 4 rings (SSSR count). The fraction of sp³-hybridized carbons (Fsp3) is 0.273. The molecule has 0 amide bonds. The summed E-state index contributed by atoms with van der Waals surface area (Å²) in [6.45, 7) is 4.29. The maximum Gasteiger partial charge on any atom is 0.123 e. The van der Waals surface area contributed by atoms with E-state index in [0.29, 0.717) is 0 Å². The SMILES string of the molecule is Cc1cccc(-n2cc(Cc3ccc(F)cc3)cc2N2CCSCC2)c1. The van der Waals surface area contributed by atoms with Gasteiger partial charge in [0, 0.05) is 36.5 Å². The fourth-order valence-electron chi connectivity index (χ4n) is 3.46. The van der Waals surface area contributed by atoms with Crippen LogP contribution in [0.4, 0.5) is 10.2 Å². The van der Waals surface area contributed by atoms with Gasteiger partial charge in [-0.3, -0.25) is 0 Å². The Labute approximate surface area is 158 Å². The number of aryl methyl sites for hydroxylation is 1. The van der Waals surface area contributed by atoms with Gasteiger partial charge in [-0.25, -0.2) is 4.39 Å². The Hall–Kier alpha value is -2.20. The second-order valence-corrected chi connectivity index (χ2v) is 8.04. The molecule has 2 aromatic carbocycles. The average Bonchev–Trinajstić information content (AvgIpc) is 3.08. The van der Waals surface area contributed by atoms with E-state index >= 15 is 0 Å². The number of hydrogen-bond donors (Lipinski definition) is 0. The summed E-state index contributed by atoms with van der Waals surface area (Å²) in [4.78, 5) is 2.48. The zero-order valence-corrected chi connectivity index (χ0v) is 15.8. The van der Waals surface area contributed by atoms with Gasteiger partial charge >= 0.3 is 0 Å². The number of anilines is 1. The highest BCUT2D eigenvalue weighted by Gasteiger charge is 2.17. The Kier molecular flexibility index (Phi) is 5.02. The van der Waals surface area contributed by atoms with Crippen molar-refractivity contribution < 1.29 is 4.39 Å². The van der Waals surface area contributed by atoms with Crippen molar-refractivity contribution in [1.82, 2.24) is 4.57 Å². The van der Waals surface area contributed by atoms with Crippen LogP contribution in [-0.4, -0.2) is 29.2 Å². The zero-order valence-electron chi connectivity index (χ0n) is 15.0. The van der Waals surface area contributed by atoms with Crippen LogP contribution in [0.15, 0.2) is 60.8 Å². The molecule has 0 N–H and O–H groups in total. The molecule has 26 heavy (non-hydrogen) atoms. The topological polar surface area (TPSA) is 8.17 Å². The first kappa shape index (κ1) is 17.2. The van der Waals surface area contributed by atoms with E-state index in [1.54, 1.807) is 0 Å². The van der Waals surface area contributed by atoms with Crippen LogP contribution in [0.2, 0.25) is 0 Å². The third kappa shape index (κ3) is 3.80. The highest BCUT2D eigenvalue weighted by Crippen LogP contribution is 2.28. The molecule has 134 valence electrons. The van der Waals surface area contributed by atoms with Crippen LogP contribution < -0.4 is 4.90 Å². The Bertz CT molecular complexity index is 879. The quantitative estimate of drug-likeness (QED) is 0.637. The van der Waals surface area contributed by atoms with Crippen molar-refractivity contribution in [2.45, 2.75) is 13.3 Å². The fourth-order valence-corrected chi connectivity index (χ4v) is 4.36. The third-order valence-corrected chi connectivity index (χ3v) is 5.74. The molecule has 0 atom stereocenters. The summed E-state index contributed by atoms with van der Waals surface area (Å²) in [6.07, 6.45) is 3.05. The maximum atomic E-state index is 13.2. The highest BCUT2D eigenvalue weighted by atomic mass is 32.2. The molecule has 1 aliphatic heterocycles. The summed E-state index contributed by atoms with van der Waals surface area (Å²) in [5.41, 5.74) is 4.85. The molecule has 2 heterocycles. The van der Waals surface area contributed by atoms with Gasteiger partial charge in [-0.15, -0.1) is 0 Å². The molecule has 0 aliphatic carbocycles. The minimum Gasteiger partial charge on any atom is -0.356 e. The first-order valence-electron chi connectivity index (χ1n) is 9.04. The minimum absolute atomic E-state index is 0.183. The zero-order chi connectivity index (χ0) is 17.9. The van der Waals surface area contributed by atoms with Crippen LogP contribution in [0, 0.1) is 12.7 Å². The van der Waals surface area contributed by atoms with Crippen molar-refractivity contribution in [3.05, 3.63) is 83.3 Å². The average molecular weight is 367 g/mol. The molecule has 1 aliphatic rings. The second kappa shape index (κ2) is 7.58. The second-order valence-electron chi connectivity index (χ2n) is 6.82. The third-order valence-electron chi connectivity index (χ3n) is 4.79. The first-order valence-corrected chi connectivity index (χ1v) is 10.2. The summed E-state index contributed by atoms with van der Waals surface area (Å²) >= 11 is 2.02.